The monoisotopic (exact) mass is 452 g/mol. The van der Waals surface area contributed by atoms with E-state index in [-0.39, 0.29) is 24.3 Å². The number of piperidine rings is 2. The van der Waals surface area contributed by atoms with Gasteiger partial charge in [0.15, 0.2) is 5.76 Å². The van der Waals surface area contributed by atoms with Crippen LogP contribution in [0.25, 0.3) is 0 Å². The molecule has 1 aromatic heterocycles. The number of nitrogens with zero attached hydrogens (tertiary/aromatic N) is 4. The number of amides is 2. The van der Waals surface area contributed by atoms with Gasteiger partial charge >= 0.3 is 0 Å². The number of carbonyl (C=O) groups excluding carboxylic acids is 2. The van der Waals surface area contributed by atoms with Crippen LogP contribution >= 0.6 is 0 Å². The van der Waals surface area contributed by atoms with Crippen LogP contribution < -0.4 is 0 Å². The minimum atomic E-state index is -3.52. The van der Waals surface area contributed by atoms with Gasteiger partial charge in [0.1, 0.15) is 0 Å². The molecular weight excluding hydrogens is 420 g/mol. The summed E-state index contributed by atoms with van der Waals surface area (Å²) in [5.41, 5.74) is 0. The van der Waals surface area contributed by atoms with Gasteiger partial charge in [0.05, 0.1) is 12.2 Å². The van der Waals surface area contributed by atoms with Crippen molar-refractivity contribution in [3.05, 3.63) is 24.2 Å². The van der Waals surface area contributed by atoms with Gasteiger partial charge in [-0.2, -0.15) is 17.0 Å². The van der Waals surface area contributed by atoms with Crippen LogP contribution in [0.3, 0.4) is 0 Å². The first kappa shape index (κ1) is 22.3. The number of rotatable bonds is 4. The average Bonchev–Trinajstić information content (AvgIpc) is 3.34. The quantitative estimate of drug-likeness (QED) is 0.685. The summed E-state index contributed by atoms with van der Waals surface area (Å²) in [7, 11) is -3.52. The molecule has 3 aliphatic rings. The molecule has 4 rings (SSSR count). The lowest BCUT2D eigenvalue weighted by molar-refractivity contribution is -0.138. The lowest BCUT2D eigenvalue weighted by atomic mass is 9.97. The second kappa shape index (κ2) is 9.30. The molecule has 31 heavy (non-hydrogen) atoms. The fourth-order valence-electron chi connectivity index (χ4n) is 4.68. The Kier molecular flexibility index (Phi) is 6.68. The highest BCUT2D eigenvalue weighted by Gasteiger charge is 2.38. The molecule has 0 aliphatic carbocycles. The Balaban J connectivity index is 1.32. The van der Waals surface area contributed by atoms with Gasteiger partial charge in [-0.1, -0.05) is 6.92 Å². The van der Waals surface area contributed by atoms with E-state index in [2.05, 4.69) is 6.92 Å². The molecule has 10 heteroatoms. The summed E-state index contributed by atoms with van der Waals surface area (Å²) in [4.78, 5) is 29.0. The molecule has 9 nitrogen and oxygen atoms in total. The Labute approximate surface area is 184 Å². The molecule has 3 fully saturated rings. The van der Waals surface area contributed by atoms with Crippen LogP contribution in [0, 0.1) is 11.8 Å². The third kappa shape index (κ3) is 4.80. The highest BCUT2D eigenvalue weighted by atomic mass is 32.2. The largest absolute Gasteiger partial charge is 0.459 e. The minimum absolute atomic E-state index is 0.00253. The van der Waals surface area contributed by atoms with Crippen molar-refractivity contribution in [2.45, 2.75) is 32.6 Å². The van der Waals surface area contributed by atoms with Gasteiger partial charge in [-0.25, -0.2) is 0 Å². The Morgan fingerprint density at radius 1 is 0.935 bits per heavy atom. The van der Waals surface area contributed by atoms with E-state index in [1.165, 1.54) is 10.6 Å². The maximum Gasteiger partial charge on any atom is 0.289 e. The SMILES string of the molecule is CC1CCN(S(=O)(=O)N2CCCC(C(=O)N3CCN(C(=O)c4ccco4)CC3)C2)CC1. The molecule has 2 amide bonds. The Morgan fingerprint density at radius 2 is 1.61 bits per heavy atom. The zero-order valence-electron chi connectivity index (χ0n) is 18.1. The number of hydrogen-bond acceptors (Lipinski definition) is 5. The van der Waals surface area contributed by atoms with E-state index in [0.717, 1.165) is 12.8 Å². The van der Waals surface area contributed by atoms with Crippen molar-refractivity contribution < 1.29 is 22.4 Å². The summed E-state index contributed by atoms with van der Waals surface area (Å²) in [5.74, 6) is 0.375. The summed E-state index contributed by atoms with van der Waals surface area (Å²) < 4.78 is 34.5. The zero-order valence-corrected chi connectivity index (χ0v) is 18.9. The number of piperazine rings is 1. The molecule has 172 valence electrons. The second-order valence-electron chi connectivity index (χ2n) is 8.88. The van der Waals surface area contributed by atoms with Crippen LogP contribution in [0.15, 0.2) is 22.8 Å². The van der Waals surface area contributed by atoms with E-state index >= 15 is 0 Å². The first-order valence-corrected chi connectivity index (χ1v) is 12.6. The summed E-state index contributed by atoms with van der Waals surface area (Å²) in [5, 5.41) is 0. The van der Waals surface area contributed by atoms with Gasteiger partial charge in [-0.05, 0) is 43.7 Å². The van der Waals surface area contributed by atoms with Gasteiger partial charge in [0.25, 0.3) is 16.1 Å². The van der Waals surface area contributed by atoms with E-state index in [1.807, 2.05) is 0 Å². The fraction of sp³-hybridized carbons (Fsp3) is 0.714. The van der Waals surface area contributed by atoms with E-state index in [4.69, 9.17) is 4.42 Å². The lowest BCUT2D eigenvalue weighted by Gasteiger charge is -2.40. The number of hydrogen-bond donors (Lipinski definition) is 0. The van der Waals surface area contributed by atoms with E-state index < -0.39 is 10.2 Å². The van der Waals surface area contributed by atoms with Crippen LogP contribution in [0.2, 0.25) is 0 Å². The van der Waals surface area contributed by atoms with Gasteiger partial charge in [-0.15, -0.1) is 0 Å². The minimum Gasteiger partial charge on any atom is -0.459 e. The van der Waals surface area contributed by atoms with Gasteiger partial charge in [0, 0.05) is 52.4 Å². The summed E-state index contributed by atoms with van der Waals surface area (Å²) >= 11 is 0. The Hall–Kier alpha value is -1.91. The van der Waals surface area contributed by atoms with Crippen molar-refractivity contribution in [2.75, 3.05) is 52.4 Å². The predicted octanol–water partition coefficient (Wildman–Crippen LogP) is 1.25. The summed E-state index contributed by atoms with van der Waals surface area (Å²) in [6, 6.07) is 3.32. The van der Waals surface area contributed by atoms with E-state index in [0.29, 0.717) is 70.3 Å². The van der Waals surface area contributed by atoms with Crippen LogP contribution in [-0.2, 0) is 15.0 Å². The molecule has 0 bridgehead atoms. The van der Waals surface area contributed by atoms with Crippen LogP contribution in [0.1, 0.15) is 43.2 Å². The number of furan rings is 1. The lowest BCUT2D eigenvalue weighted by Crippen LogP contribution is -2.55. The van der Waals surface area contributed by atoms with E-state index in [9.17, 15) is 18.0 Å². The van der Waals surface area contributed by atoms with Gasteiger partial charge < -0.3 is 14.2 Å². The molecule has 0 saturated carbocycles. The highest BCUT2D eigenvalue weighted by molar-refractivity contribution is 7.86. The molecule has 1 aromatic rings. The van der Waals surface area contributed by atoms with Crippen LogP contribution in [-0.4, -0.2) is 91.0 Å². The molecule has 0 aromatic carbocycles. The van der Waals surface area contributed by atoms with Gasteiger partial charge in [0.2, 0.25) is 5.91 Å². The summed E-state index contributed by atoms with van der Waals surface area (Å²) in [6.07, 6.45) is 4.64. The third-order valence-corrected chi connectivity index (χ3v) is 8.74. The van der Waals surface area contributed by atoms with Crippen molar-refractivity contribution in [1.29, 1.82) is 0 Å². The molecule has 1 atom stereocenters. The molecule has 0 spiro atoms. The van der Waals surface area contributed by atoms with Crippen molar-refractivity contribution in [1.82, 2.24) is 18.4 Å². The average molecular weight is 453 g/mol. The normalized spacial score (nSPS) is 25.0. The van der Waals surface area contributed by atoms with Crippen LogP contribution in [0.4, 0.5) is 0 Å². The molecule has 0 N–H and O–H groups in total. The van der Waals surface area contributed by atoms with Crippen molar-refractivity contribution in [3.8, 4) is 0 Å². The molecule has 3 aliphatic heterocycles. The Bertz CT molecular complexity index is 872. The van der Waals surface area contributed by atoms with Crippen molar-refractivity contribution in [3.63, 3.8) is 0 Å². The smallest absolute Gasteiger partial charge is 0.289 e. The first-order valence-electron chi connectivity index (χ1n) is 11.2. The summed E-state index contributed by atoms with van der Waals surface area (Å²) in [6.45, 7) is 5.81. The standard InChI is InChI=1S/C21H32N4O5S/c1-17-6-9-24(10-7-17)31(28,29)25-8-2-4-18(16-25)20(26)22-11-13-23(14-12-22)21(27)19-5-3-15-30-19/h3,5,15,17-18H,2,4,6-14,16H2,1H3. The number of carbonyl (C=O) groups is 2. The van der Waals surface area contributed by atoms with Gasteiger partial charge in [-0.3, -0.25) is 9.59 Å². The van der Waals surface area contributed by atoms with Crippen molar-refractivity contribution >= 4 is 22.0 Å². The maximum atomic E-state index is 13.1. The molecule has 3 saturated heterocycles. The molecule has 0 radical (unpaired) electrons. The third-order valence-electron chi connectivity index (χ3n) is 6.74. The predicted molar refractivity (Wildman–Crippen MR) is 114 cm³/mol. The van der Waals surface area contributed by atoms with Crippen LogP contribution in [0.5, 0.6) is 0 Å². The second-order valence-corrected chi connectivity index (χ2v) is 10.8. The topological polar surface area (TPSA) is 94.4 Å². The maximum absolute atomic E-state index is 13.1. The molecular formula is C21H32N4O5S. The zero-order chi connectivity index (χ0) is 22.0. The molecule has 1 unspecified atom stereocenters. The first-order chi connectivity index (χ1) is 14.9. The van der Waals surface area contributed by atoms with Crippen molar-refractivity contribution in [2.24, 2.45) is 11.8 Å². The highest BCUT2D eigenvalue weighted by Crippen LogP contribution is 2.26. The Morgan fingerprint density at radius 3 is 2.26 bits per heavy atom. The molecule has 4 heterocycles. The van der Waals surface area contributed by atoms with E-state index in [1.54, 1.807) is 26.2 Å². The fourth-order valence-corrected chi connectivity index (χ4v) is 6.40.